The highest BCUT2D eigenvalue weighted by atomic mass is 79.9. The zero-order valence-corrected chi connectivity index (χ0v) is 26.6. The molecule has 1 aliphatic carbocycles. The quantitative estimate of drug-likeness (QED) is 0.273. The van der Waals surface area contributed by atoms with E-state index in [9.17, 15) is 18.0 Å². The summed E-state index contributed by atoms with van der Waals surface area (Å²) in [6.07, 6.45) is 3.95. The van der Waals surface area contributed by atoms with Crippen molar-refractivity contribution >= 4 is 55.1 Å². The van der Waals surface area contributed by atoms with E-state index in [1.807, 2.05) is 31.2 Å². The van der Waals surface area contributed by atoms with Crippen LogP contribution in [0.3, 0.4) is 0 Å². The van der Waals surface area contributed by atoms with E-state index in [4.69, 9.17) is 11.6 Å². The normalized spacial score (nSPS) is 14.5. The maximum atomic E-state index is 14.1. The maximum Gasteiger partial charge on any atom is 0.264 e. The lowest BCUT2D eigenvalue weighted by atomic mass is 10.1. The Labute approximate surface area is 256 Å². The molecule has 0 unspecified atom stereocenters. The lowest BCUT2D eigenvalue weighted by Gasteiger charge is -2.33. The molecule has 1 atom stereocenters. The molecule has 3 aromatic carbocycles. The Morgan fingerprint density at radius 1 is 1.00 bits per heavy atom. The largest absolute Gasteiger partial charge is 0.352 e. The molecule has 0 radical (unpaired) electrons. The molecule has 1 saturated carbocycles. The van der Waals surface area contributed by atoms with Crippen molar-refractivity contribution < 1.29 is 18.0 Å². The van der Waals surface area contributed by atoms with Crippen molar-refractivity contribution in [1.29, 1.82) is 0 Å². The van der Waals surface area contributed by atoms with Crippen LogP contribution in [0.4, 0.5) is 5.69 Å². The van der Waals surface area contributed by atoms with Gasteiger partial charge in [-0.05, 0) is 87.2 Å². The number of hydrogen-bond donors (Lipinski definition) is 1. The number of halogens is 2. The van der Waals surface area contributed by atoms with Gasteiger partial charge in [0.25, 0.3) is 10.0 Å². The lowest BCUT2D eigenvalue weighted by Crippen LogP contribution is -2.52. The van der Waals surface area contributed by atoms with Gasteiger partial charge >= 0.3 is 0 Å². The Bertz CT molecular complexity index is 1490. The Morgan fingerprint density at radius 3 is 2.24 bits per heavy atom. The van der Waals surface area contributed by atoms with Crippen LogP contribution in [0, 0.1) is 13.8 Å². The topological polar surface area (TPSA) is 86.8 Å². The molecule has 41 heavy (non-hydrogen) atoms. The van der Waals surface area contributed by atoms with Crippen molar-refractivity contribution in [2.24, 2.45) is 0 Å². The smallest absolute Gasteiger partial charge is 0.264 e. The number of nitrogens with one attached hydrogen (secondary N) is 1. The highest BCUT2D eigenvalue weighted by Crippen LogP contribution is 2.30. The number of hydrogen-bond acceptors (Lipinski definition) is 4. The molecule has 218 valence electrons. The minimum atomic E-state index is -4.14. The Balaban J connectivity index is 1.70. The fourth-order valence-corrected chi connectivity index (χ4v) is 6.98. The summed E-state index contributed by atoms with van der Waals surface area (Å²) in [6.45, 7) is 4.96. The van der Waals surface area contributed by atoms with Gasteiger partial charge in [0.1, 0.15) is 12.6 Å². The van der Waals surface area contributed by atoms with E-state index in [2.05, 4.69) is 21.2 Å². The Morgan fingerprint density at radius 2 is 1.63 bits per heavy atom. The second kappa shape index (κ2) is 13.4. The SMILES string of the molecule is Cc1ccc(S(=O)(=O)N(CC(=O)N(Cc2ccc(Br)cc2)[C@@H](C)C(=O)NC2CCCC2)c2ccc(Cl)cc2C)cc1. The molecule has 4 rings (SSSR count). The first-order valence-electron chi connectivity index (χ1n) is 13.7. The zero-order valence-electron chi connectivity index (χ0n) is 23.4. The van der Waals surface area contributed by atoms with Crippen molar-refractivity contribution in [1.82, 2.24) is 10.2 Å². The van der Waals surface area contributed by atoms with Gasteiger partial charge in [0.2, 0.25) is 11.8 Å². The van der Waals surface area contributed by atoms with Crippen LogP contribution >= 0.6 is 27.5 Å². The van der Waals surface area contributed by atoms with Gasteiger partial charge in [-0.2, -0.15) is 0 Å². The highest BCUT2D eigenvalue weighted by molar-refractivity contribution is 9.10. The molecule has 0 aliphatic heterocycles. The third-order valence-corrected chi connectivity index (χ3v) is 9.99. The highest BCUT2D eigenvalue weighted by Gasteiger charge is 2.34. The standard InChI is InChI=1S/C31H35BrClN3O4S/c1-21-8-15-28(16-9-21)41(39,40)36(29-17-14-26(33)18-22(29)2)20-30(37)35(19-24-10-12-25(32)13-11-24)23(3)31(38)34-27-6-4-5-7-27/h8-18,23,27H,4-7,19-20H2,1-3H3,(H,34,38)/t23-/m0/s1. The number of nitrogens with zero attached hydrogens (tertiary/aromatic N) is 2. The number of carbonyl (C=O) groups excluding carboxylic acids is 2. The summed E-state index contributed by atoms with van der Waals surface area (Å²) in [6, 6.07) is 18.1. The van der Waals surface area contributed by atoms with Crippen molar-refractivity contribution in [3.05, 3.63) is 92.9 Å². The third-order valence-electron chi connectivity index (χ3n) is 7.45. The number of carbonyl (C=O) groups is 2. The lowest BCUT2D eigenvalue weighted by molar-refractivity contribution is -0.139. The van der Waals surface area contributed by atoms with Gasteiger partial charge in [0, 0.05) is 22.1 Å². The molecule has 1 N–H and O–H groups in total. The van der Waals surface area contributed by atoms with Gasteiger partial charge in [-0.15, -0.1) is 0 Å². The Kier molecular flexibility index (Phi) is 10.2. The van der Waals surface area contributed by atoms with E-state index < -0.39 is 28.5 Å². The summed E-state index contributed by atoms with van der Waals surface area (Å²) >= 11 is 9.62. The number of benzene rings is 3. The maximum absolute atomic E-state index is 14.1. The predicted molar refractivity (Wildman–Crippen MR) is 166 cm³/mol. The van der Waals surface area contributed by atoms with Crippen LogP contribution < -0.4 is 9.62 Å². The molecular weight excluding hydrogens is 626 g/mol. The summed E-state index contributed by atoms with van der Waals surface area (Å²) < 4.78 is 30.0. The van der Waals surface area contributed by atoms with Gasteiger partial charge in [0.05, 0.1) is 10.6 Å². The van der Waals surface area contributed by atoms with E-state index in [1.165, 1.54) is 17.0 Å². The second-order valence-electron chi connectivity index (χ2n) is 10.6. The third kappa shape index (κ3) is 7.70. The average Bonchev–Trinajstić information content (AvgIpc) is 3.44. The first-order valence-corrected chi connectivity index (χ1v) is 16.3. The first kappa shape index (κ1) is 31.1. The summed E-state index contributed by atoms with van der Waals surface area (Å²) in [4.78, 5) is 28.9. The number of rotatable bonds is 10. The minimum absolute atomic E-state index is 0.0664. The van der Waals surface area contributed by atoms with Crippen LogP contribution in [-0.4, -0.2) is 43.8 Å². The van der Waals surface area contributed by atoms with Crippen LogP contribution in [0.1, 0.15) is 49.3 Å². The summed E-state index contributed by atoms with van der Waals surface area (Å²) in [7, 11) is -4.14. The molecule has 10 heteroatoms. The Hall–Kier alpha value is -2.88. The van der Waals surface area contributed by atoms with Crippen LogP contribution in [0.25, 0.3) is 0 Å². The predicted octanol–water partition coefficient (Wildman–Crippen LogP) is 6.39. The molecule has 0 spiro atoms. The van der Waals surface area contributed by atoms with Crippen LogP contribution in [-0.2, 0) is 26.2 Å². The summed E-state index contributed by atoms with van der Waals surface area (Å²) in [5, 5.41) is 3.54. The average molecular weight is 661 g/mol. The second-order valence-corrected chi connectivity index (χ2v) is 13.8. The molecule has 7 nitrogen and oxygen atoms in total. The van der Waals surface area contributed by atoms with Crippen molar-refractivity contribution in [2.75, 3.05) is 10.8 Å². The number of sulfonamides is 1. The van der Waals surface area contributed by atoms with Crippen LogP contribution in [0.5, 0.6) is 0 Å². The zero-order chi connectivity index (χ0) is 29.7. The first-order chi connectivity index (χ1) is 19.5. The van der Waals surface area contributed by atoms with Gasteiger partial charge in [-0.1, -0.05) is 70.2 Å². The molecule has 0 bridgehead atoms. The van der Waals surface area contributed by atoms with Crippen molar-refractivity contribution in [2.45, 2.75) is 70.0 Å². The fourth-order valence-electron chi connectivity index (χ4n) is 5.01. The minimum Gasteiger partial charge on any atom is -0.352 e. The van der Waals surface area contributed by atoms with E-state index >= 15 is 0 Å². The molecule has 0 saturated heterocycles. The molecule has 2 amide bonds. The number of anilines is 1. The molecule has 0 aromatic heterocycles. The summed E-state index contributed by atoms with van der Waals surface area (Å²) in [5.41, 5.74) is 2.68. The van der Waals surface area contributed by atoms with Gasteiger partial charge in [0.15, 0.2) is 0 Å². The van der Waals surface area contributed by atoms with Crippen molar-refractivity contribution in [3.63, 3.8) is 0 Å². The molecule has 1 aliphatic rings. The van der Waals surface area contributed by atoms with Gasteiger partial charge < -0.3 is 10.2 Å². The fraction of sp³-hybridized carbons (Fsp3) is 0.355. The van der Waals surface area contributed by atoms with E-state index in [0.717, 1.165) is 45.6 Å². The van der Waals surface area contributed by atoms with E-state index in [1.54, 1.807) is 44.2 Å². The monoisotopic (exact) mass is 659 g/mol. The van der Waals surface area contributed by atoms with Gasteiger partial charge in [-0.3, -0.25) is 13.9 Å². The van der Waals surface area contributed by atoms with E-state index in [0.29, 0.717) is 16.3 Å². The van der Waals surface area contributed by atoms with Gasteiger partial charge in [-0.25, -0.2) is 8.42 Å². The molecular formula is C31H35BrClN3O4S. The van der Waals surface area contributed by atoms with E-state index in [-0.39, 0.29) is 23.4 Å². The van der Waals surface area contributed by atoms with Crippen molar-refractivity contribution in [3.8, 4) is 0 Å². The summed E-state index contributed by atoms with van der Waals surface area (Å²) in [5.74, 6) is -0.745. The molecule has 0 heterocycles. The number of aryl methyl sites for hydroxylation is 2. The van der Waals surface area contributed by atoms with Crippen LogP contribution in [0.2, 0.25) is 5.02 Å². The van der Waals surface area contributed by atoms with Crippen LogP contribution in [0.15, 0.2) is 76.1 Å². The number of amides is 2. The molecule has 1 fully saturated rings. The molecule has 3 aromatic rings.